The Bertz CT molecular complexity index is 1800. The van der Waals surface area contributed by atoms with Crippen LogP contribution < -0.4 is 0 Å². The third-order valence-electron chi connectivity index (χ3n) is 18.2. The van der Waals surface area contributed by atoms with Crippen LogP contribution in [0.5, 0.6) is 0 Å². The number of carbonyl (C=O) groups excluding carboxylic acids is 3. The predicted octanol–water partition coefficient (Wildman–Crippen LogP) is 9.18. The molecule has 1 aromatic rings. The summed E-state index contributed by atoms with van der Waals surface area (Å²) in [6.07, 6.45) is 11.6. The number of amides is 1. The van der Waals surface area contributed by atoms with Crippen molar-refractivity contribution in [2.75, 3.05) is 33.7 Å². The molecule has 6 aliphatic rings. The summed E-state index contributed by atoms with van der Waals surface area (Å²) >= 11 is 1.40. The fourth-order valence-electron chi connectivity index (χ4n) is 14.7. The van der Waals surface area contributed by atoms with Crippen molar-refractivity contribution in [1.82, 2.24) is 14.8 Å². The minimum Gasteiger partial charge on any atom is -0.481 e. The van der Waals surface area contributed by atoms with Gasteiger partial charge in [-0.1, -0.05) is 67.9 Å². The fourth-order valence-corrected chi connectivity index (χ4v) is 15.3. The summed E-state index contributed by atoms with van der Waals surface area (Å²) in [7, 11) is 4.08. The molecule has 5 fully saturated rings. The van der Waals surface area contributed by atoms with Crippen LogP contribution in [0.15, 0.2) is 22.7 Å². The normalized spacial score (nSPS) is 39.1. The van der Waals surface area contributed by atoms with Crippen LogP contribution in [0.4, 0.5) is 0 Å². The number of thiazole rings is 1. The molecule has 0 bridgehead atoms. The first kappa shape index (κ1) is 42.5. The van der Waals surface area contributed by atoms with E-state index in [0.29, 0.717) is 54.5 Å². The van der Waals surface area contributed by atoms with Gasteiger partial charge in [-0.25, -0.2) is 4.98 Å². The molecule has 0 aliphatic heterocycles. The number of ketones is 1. The number of hydrogen-bond acceptors (Lipinski definition) is 8. The summed E-state index contributed by atoms with van der Waals surface area (Å²) in [6.45, 7) is 22.6. The van der Waals surface area contributed by atoms with Gasteiger partial charge in [0, 0.05) is 48.5 Å². The largest absolute Gasteiger partial charge is 0.481 e. The Morgan fingerprint density at radius 1 is 0.877 bits per heavy atom. The van der Waals surface area contributed by atoms with Crippen molar-refractivity contribution in [1.29, 1.82) is 0 Å². The summed E-state index contributed by atoms with van der Waals surface area (Å²) in [5, 5.41) is 12.1. The number of carboxylic acid groups (broad SMARTS) is 1. The maximum Gasteiger partial charge on any atom is 0.309 e. The first-order valence-corrected chi connectivity index (χ1v) is 23.0. The Balaban J connectivity index is 1.14. The van der Waals surface area contributed by atoms with Crippen LogP contribution in [0, 0.1) is 68.0 Å². The second-order valence-corrected chi connectivity index (χ2v) is 22.8. The molecule has 57 heavy (non-hydrogen) atoms. The van der Waals surface area contributed by atoms with Crippen molar-refractivity contribution in [2.45, 2.75) is 139 Å². The molecule has 10 heteroatoms. The van der Waals surface area contributed by atoms with E-state index < -0.39 is 17.3 Å². The molecule has 0 radical (unpaired) electrons. The number of allylic oxidation sites excluding steroid dienone is 2. The molecule has 9 nitrogen and oxygen atoms in total. The van der Waals surface area contributed by atoms with Gasteiger partial charge < -0.3 is 19.6 Å². The lowest BCUT2D eigenvalue weighted by Crippen LogP contribution is -2.66. The third-order valence-corrected chi connectivity index (χ3v) is 19.0. The van der Waals surface area contributed by atoms with Crippen molar-refractivity contribution in [3.05, 3.63) is 27.7 Å². The molecule has 0 unspecified atom stereocenters. The zero-order valence-corrected chi connectivity index (χ0v) is 37.7. The van der Waals surface area contributed by atoms with Gasteiger partial charge >= 0.3 is 11.9 Å². The lowest BCUT2D eigenvalue weighted by atomic mass is 9.33. The molecule has 1 heterocycles. The molecule has 0 spiro atoms. The van der Waals surface area contributed by atoms with E-state index in [1.165, 1.54) is 16.9 Å². The second-order valence-electron chi connectivity index (χ2n) is 21.9. The number of carbonyl (C=O) groups is 4. The van der Waals surface area contributed by atoms with Gasteiger partial charge in [-0.2, -0.15) is 0 Å². The summed E-state index contributed by atoms with van der Waals surface area (Å²) in [4.78, 5) is 62.0. The van der Waals surface area contributed by atoms with Gasteiger partial charge in [0.2, 0.25) is 0 Å². The van der Waals surface area contributed by atoms with Gasteiger partial charge in [-0.05, 0) is 129 Å². The SMILES string of the molecule is CC(C)C1=C2[C@H]3CC[C@@H]4[C@@]5(C)CC[C@H](OC(=O)[C@H]6C[C@@H](C(=O)O)C6(C)C)C(C)(C)[C@@H]5CC[C@@]4(C)[C@]3(C)CC[C@@]2(CCN(CCN(C)C)C(=O)c2nccs2)CC1=O. The monoisotopic (exact) mass is 806 g/mol. The van der Waals surface area contributed by atoms with E-state index in [4.69, 9.17) is 4.74 Å². The van der Waals surface area contributed by atoms with Crippen LogP contribution >= 0.6 is 11.3 Å². The van der Waals surface area contributed by atoms with Crippen molar-refractivity contribution in [2.24, 2.45) is 68.0 Å². The highest BCUT2D eigenvalue weighted by molar-refractivity contribution is 7.11. The third kappa shape index (κ3) is 6.50. The number of esters is 1. The van der Waals surface area contributed by atoms with Crippen LogP contribution in [-0.2, 0) is 19.1 Å². The first-order valence-electron chi connectivity index (χ1n) is 22.1. The Morgan fingerprint density at radius 2 is 1.60 bits per heavy atom. The highest BCUT2D eigenvalue weighted by Crippen LogP contribution is 2.77. The zero-order valence-electron chi connectivity index (χ0n) is 36.8. The van der Waals surface area contributed by atoms with Crippen molar-refractivity contribution >= 4 is 35.0 Å². The minimum absolute atomic E-state index is 0.00744. The summed E-state index contributed by atoms with van der Waals surface area (Å²) in [5.41, 5.74) is 1.75. The average molecular weight is 806 g/mol. The van der Waals surface area contributed by atoms with E-state index in [1.807, 2.05) is 38.2 Å². The van der Waals surface area contributed by atoms with Gasteiger partial charge in [0.1, 0.15) is 6.10 Å². The van der Waals surface area contributed by atoms with E-state index >= 15 is 0 Å². The number of nitrogens with zero attached hydrogens (tertiary/aromatic N) is 3. The molecule has 7 rings (SSSR count). The van der Waals surface area contributed by atoms with E-state index in [9.17, 15) is 24.3 Å². The zero-order chi connectivity index (χ0) is 41.7. The molecule has 1 amide bonds. The number of rotatable bonds is 11. The van der Waals surface area contributed by atoms with Crippen LogP contribution in [0.3, 0.4) is 0 Å². The van der Waals surface area contributed by atoms with E-state index in [1.54, 1.807) is 6.20 Å². The molecule has 0 aromatic carbocycles. The lowest BCUT2D eigenvalue weighted by Gasteiger charge is -2.72. The van der Waals surface area contributed by atoms with Gasteiger partial charge in [-0.15, -0.1) is 11.3 Å². The molecular weight excluding hydrogens is 735 g/mol. The van der Waals surface area contributed by atoms with Crippen molar-refractivity contribution in [3.63, 3.8) is 0 Å². The summed E-state index contributed by atoms with van der Waals surface area (Å²) in [6, 6.07) is 0. The van der Waals surface area contributed by atoms with E-state index in [-0.39, 0.29) is 56.9 Å². The Hall–Kier alpha value is -2.59. The molecule has 316 valence electrons. The molecule has 0 saturated heterocycles. The van der Waals surface area contributed by atoms with E-state index in [2.05, 4.69) is 58.4 Å². The molecule has 1 aromatic heterocycles. The predicted molar refractivity (Wildman–Crippen MR) is 224 cm³/mol. The molecule has 1 N–H and O–H groups in total. The highest BCUT2D eigenvalue weighted by atomic mass is 32.1. The van der Waals surface area contributed by atoms with Gasteiger partial charge in [-0.3, -0.25) is 19.2 Å². The number of aliphatic carboxylic acids is 1. The maximum absolute atomic E-state index is 14.3. The maximum atomic E-state index is 14.3. The first-order chi connectivity index (χ1) is 26.5. The summed E-state index contributed by atoms with van der Waals surface area (Å²) in [5.74, 6) is -0.176. The van der Waals surface area contributed by atoms with Crippen LogP contribution in [0.1, 0.15) is 143 Å². The van der Waals surface area contributed by atoms with Crippen LogP contribution in [0.25, 0.3) is 0 Å². The molecule has 6 aliphatic carbocycles. The Kier molecular flexibility index (Phi) is 10.9. The Labute approximate surface area is 346 Å². The number of fused-ring (bicyclic) bond motifs is 7. The van der Waals surface area contributed by atoms with Crippen molar-refractivity contribution in [3.8, 4) is 0 Å². The van der Waals surface area contributed by atoms with Gasteiger partial charge in [0.15, 0.2) is 10.8 Å². The smallest absolute Gasteiger partial charge is 0.309 e. The number of carboxylic acids is 1. The number of hydrogen-bond donors (Lipinski definition) is 1. The number of ether oxygens (including phenoxy) is 1. The standard InChI is InChI=1S/C47H71N3O6S/c1-28(2)36-32(51)27-47(20-22-50(24-23-49(10)11)39(52)38-48-21-25-57-38)19-18-45(8)29(37(36)47)12-13-34-44(7)16-15-35(43(5,6)33(44)14-17-46(34,45)9)56-41(55)31-26-30(40(53)54)42(31,3)4/h21,25,28-31,33-35H,12-20,22-24,26-27H2,1-11H3,(H,53,54)/t29-,30+,31-,33+,34-,35+,44+,45-,46-,47-/m1/s1. The van der Waals surface area contributed by atoms with Crippen LogP contribution in [-0.4, -0.2) is 83.4 Å². The fraction of sp³-hybridized carbons (Fsp3) is 0.809. The van der Waals surface area contributed by atoms with Gasteiger partial charge in [0.05, 0.1) is 11.8 Å². The van der Waals surface area contributed by atoms with Crippen LogP contribution in [0.2, 0.25) is 0 Å². The number of likely N-dealkylation sites (N-methyl/N-ethyl adjacent to an activating group) is 1. The molecule has 5 saturated carbocycles. The minimum atomic E-state index is -0.826. The molecular formula is C47H71N3O6S. The van der Waals surface area contributed by atoms with Gasteiger partial charge in [0.25, 0.3) is 5.91 Å². The molecule has 10 atom stereocenters. The average Bonchev–Trinajstić information content (AvgIpc) is 3.75. The Morgan fingerprint density at radius 3 is 2.21 bits per heavy atom. The van der Waals surface area contributed by atoms with Crippen molar-refractivity contribution < 1.29 is 29.0 Å². The quantitative estimate of drug-likeness (QED) is 0.220. The second kappa shape index (κ2) is 14.6. The highest BCUT2D eigenvalue weighted by Gasteiger charge is 2.70. The lowest BCUT2D eigenvalue weighted by molar-refractivity contribution is -0.236. The number of Topliss-reactive ketones (excluding diaryl/α,β-unsaturated/α-hetero) is 1. The summed E-state index contributed by atoms with van der Waals surface area (Å²) < 4.78 is 6.44. The van der Waals surface area contributed by atoms with E-state index in [0.717, 1.165) is 69.9 Å². The topological polar surface area (TPSA) is 117 Å². The number of aromatic nitrogens is 1.